The zero-order chi connectivity index (χ0) is 29.2. The number of benzene rings is 2. The number of methoxy groups -OCH3 is 3. The minimum atomic E-state index is -1.05. The SMILES string of the molecule is COCCCN1CCOc2ccc(CO[C@H]3CN(C(=O)O)C[C@@H](OCC(O)COC)[C@@H]3c3ccc(OC)cc3)cc21. The molecule has 2 heterocycles. The van der Waals surface area contributed by atoms with Crippen molar-refractivity contribution in [1.29, 1.82) is 0 Å². The molecule has 2 N–H and O–H groups in total. The molecule has 2 aromatic carbocycles. The van der Waals surface area contributed by atoms with Crippen molar-refractivity contribution in [3.63, 3.8) is 0 Å². The molecule has 2 aliphatic rings. The monoisotopic (exact) mass is 574 g/mol. The molecule has 0 saturated carbocycles. The maximum absolute atomic E-state index is 12.1. The van der Waals surface area contributed by atoms with Gasteiger partial charge in [-0.3, -0.25) is 0 Å². The number of carboxylic acid groups (broad SMARTS) is 1. The molecule has 11 heteroatoms. The highest BCUT2D eigenvalue weighted by atomic mass is 16.5. The molecule has 1 amide bonds. The van der Waals surface area contributed by atoms with Crippen LogP contribution in [-0.2, 0) is 25.6 Å². The van der Waals surface area contributed by atoms with Crippen molar-refractivity contribution < 1.29 is 43.4 Å². The van der Waals surface area contributed by atoms with Gasteiger partial charge in [0.05, 0.1) is 64.5 Å². The van der Waals surface area contributed by atoms with E-state index in [0.29, 0.717) is 19.0 Å². The Morgan fingerprint density at radius 3 is 2.46 bits per heavy atom. The number of rotatable bonds is 14. The topological polar surface area (TPSA) is 119 Å². The molecule has 226 valence electrons. The van der Waals surface area contributed by atoms with Crippen LogP contribution in [-0.4, -0.2) is 113 Å². The zero-order valence-electron chi connectivity index (χ0n) is 24.1. The average molecular weight is 575 g/mol. The fraction of sp³-hybridized carbons (Fsp3) is 0.567. The number of nitrogens with zero attached hydrogens (tertiary/aromatic N) is 2. The van der Waals surface area contributed by atoms with Gasteiger partial charge in [0.25, 0.3) is 0 Å². The summed E-state index contributed by atoms with van der Waals surface area (Å²) in [7, 11) is 4.82. The van der Waals surface area contributed by atoms with Crippen molar-refractivity contribution in [2.45, 2.75) is 37.3 Å². The molecule has 1 fully saturated rings. The molecule has 0 aromatic heterocycles. The lowest BCUT2D eigenvalue weighted by Gasteiger charge is -2.43. The summed E-state index contributed by atoms with van der Waals surface area (Å²) in [5.41, 5.74) is 2.92. The molecule has 1 saturated heterocycles. The first-order valence-electron chi connectivity index (χ1n) is 13.9. The highest BCUT2D eigenvalue weighted by Crippen LogP contribution is 2.36. The Hall–Kier alpha value is -3.09. The number of amides is 1. The van der Waals surface area contributed by atoms with Crippen molar-refractivity contribution >= 4 is 11.8 Å². The van der Waals surface area contributed by atoms with E-state index < -0.39 is 24.4 Å². The number of hydrogen-bond acceptors (Lipinski definition) is 9. The van der Waals surface area contributed by atoms with Crippen molar-refractivity contribution in [3.05, 3.63) is 53.6 Å². The van der Waals surface area contributed by atoms with Gasteiger partial charge in [-0.05, 0) is 41.8 Å². The van der Waals surface area contributed by atoms with Gasteiger partial charge in [0.2, 0.25) is 0 Å². The Labute approximate surface area is 241 Å². The fourth-order valence-electron chi connectivity index (χ4n) is 5.42. The van der Waals surface area contributed by atoms with Gasteiger partial charge in [-0.15, -0.1) is 0 Å². The summed E-state index contributed by atoms with van der Waals surface area (Å²) in [6.45, 7) is 3.72. The molecular formula is C30H42N2O9. The normalized spacial score (nSPS) is 21.2. The van der Waals surface area contributed by atoms with E-state index in [-0.39, 0.29) is 38.8 Å². The molecule has 2 aromatic rings. The summed E-state index contributed by atoms with van der Waals surface area (Å²) in [5.74, 6) is 1.28. The van der Waals surface area contributed by atoms with Crippen LogP contribution in [0.2, 0.25) is 0 Å². The van der Waals surface area contributed by atoms with Gasteiger partial charge in [-0.2, -0.15) is 0 Å². The molecule has 0 aliphatic carbocycles. The van der Waals surface area contributed by atoms with E-state index in [9.17, 15) is 15.0 Å². The third-order valence-electron chi connectivity index (χ3n) is 7.46. The molecule has 4 atom stereocenters. The van der Waals surface area contributed by atoms with Crippen molar-refractivity contribution in [3.8, 4) is 11.5 Å². The van der Waals surface area contributed by atoms with Gasteiger partial charge in [0.1, 0.15) is 24.2 Å². The third-order valence-corrected chi connectivity index (χ3v) is 7.46. The summed E-state index contributed by atoms with van der Waals surface area (Å²) in [5, 5.41) is 20.1. The van der Waals surface area contributed by atoms with Crippen LogP contribution in [0.3, 0.4) is 0 Å². The smallest absolute Gasteiger partial charge is 0.407 e. The van der Waals surface area contributed by atoms with Crippen molar-refractivity contribution in [2.24, 2.45) is 0 Å². The van der Waals surface area contributed by atoms with Crippen LogP contribution in [0, 0.1) is 0 Å². The summed E-state index contributed by atoms with van der Waals surface area (Å²) < 4.78 is 34.1. The van der Waals surface area contributed by atoms with Crippen LogP contribution in [0.15, 0.2) is 42.5 Å². The number of anilines is 1. The first-order valence-corrected chi connectivity index (χ1v) is 13.9. The molecule has 1 unspecified atom stereocenters. The number of fused-ring (bicyclic) bond motifs is 1. The number of likely N-dealkylation sites (tertiary alicyclic amines) is 1. The minimum absolute atomic E-state index is 0.00900. The standard InChI is InChI=1S/C30H42N2O9/c1-36-13-4-11-31-12-14-39-26-10-5-21(15-25(26)31)18-40-27-16-32(30(34)35)17-28(41-20-23(33)19-37-2)29(27)22-6-8-24(38-3)9-7-22/h5-10,15,23,27-29,33H,4,11-14,16-20H2,1-3H3,(H,34,35)/t23?,27-,28+,29+/m0/s1. The molecule has 41 heavy (non-hydrogen) atoms. The number of carbonyl (C=O) groups is 1. The van der Waals surface area contributed by atoms with Crippen molar-refractivity contribution in [1.82, 2.24) is 4.90 Å². The lowest BCUT2D eigenvalue weighted by Crippen LogP contribution is -2.54. The number of hydrogen-bond donors (Lipinski definition) is 2. The maximum Gasteiger partial charge on any atom is 0.407 e. The first kappa shape index (κ1) is 30.9. The Kier molecular flexibility index (Phi) is 11.5. The Morgan fingerprint density at radius 2 is 1.78 bits per heavy atom. The summed E-state index contributed by atoms with van der Waals surface area (Å²) in [6, 6.07) is 13.7. The Bertz CT molecular complexity index is 1100. The van der Waals surface area contributed by atoms with Crippen LogP contribution >= 0.6 is 0 Å². The Balaban J connectivity index is 1.56. The van der Waals surface area contributed by atoms with Crippen LogP contribution in [0.1, 0.15) is 23.5 Å². The Morgan fingerprint density at radius 1 is 1.02 bits per heavy atom. The van der Waals surface area contributed by atoms with Crippen molar-refractivity contribution in [2.75, 3.05) is 78.8 Å². The van der Waals surface area contributed by atoms with Gasteiger partial charge in [0, 0.05) is 33.3 Å². The van der Waals surface area contributed by atoms with Crippen LogP contribution in [0.4, 0.5) is 10.5 Å². The number of piperidine rings is 1. The van der Waals surface area contributed by atoms with Gasteiger partial charge in [-0.1, -0.05) is 18.2 Å². The van der Waals surface area contributed by atoms with E-state index >= 15 is 0 Å². The predicted octanol–water partition coefficient (Wildman–Crippen LogP) is 2.99. The number of aliphatic hydroxyl groups excluding tert-OH is 1. The highest BCUT2D eigenvalue weighted by molar-refractivity contribution is 5.65. The molecular weight excluding hydrogens is 532 g/mol. The van der Waals surface area contributed by atoms with Gasteiger partial charge in [0.15, 0.2) is 0 Å². The molecule has 0 spiro atoms. The largest absolute Gasteiger partial charge is 0.497 e. The number of aliphatic hydroxyl groups is 1. The first-order chi connectivity index (χ1) is 19.9. The molecule has 2 aliphatic heterocycles. The van der Waals surface area contributed by atoms with E-state index in [1.165, 1.54) is 12.0 Å². The lowest BCUT2D eigenvalue weighted by atomic mass is 9.84. The van der Waals surface area contributed by atoms with Gasteiger partial charge in [-0.25, -0.2) is 4.79 Å². The third kappa shape index (κ3) is 8.23. The average Bonchev–Trinajstić information content (AvgIpc) is 2.99. The quantitative estimate of drug-likeness (QED) is 0.326. The zero-order valence-corrected chi connectivity index (χ0v) is 24.1. The number of ether oxygens (including phenoxy) is 6. The van der Waals surface area contributed by atoms with E-state index in [4.69, 9.17) is 28.4 Å². The second-order valence-corrected chi connectivity index (χ2v) is 10.3. The van der Waals surface area contributed by atoms with Crippen LogP contribution in [0.25, 0.3) is 0 Å². The van der Waals surface area contributed by atoms with E-state index in [2.05, 4.69) is 11.0 Å². The molecule has 11 nitrogen and oxygen atoms in total. The summed E-state index contributed by atoms with van der Waals surface area (Å²) in [4.78, 5) is 15.7. The fourth-order valence-corrected chi connectivity index (χ4v) is 5.42. The molecule has 0 bridgehead atoms. The predicted molar refractivity (Wildman–Crippen MR) is 152 cm³/mol. The van der Waals surface area contributed by atoms with Gasteiger partial charge < -0.3 is 48.4 Å². The molecule has 4 rings (SSSR count). The summed E-state index contributed by atoms with van der Waals surface area (Å²) >= 11 is 0. The van der Waals surface area contributed by atoms with E-state index in [0.717, 1.165) is 42.1 Å². The maximum atomic E-state index is 12.1. The minimum Gasteiger partial charge on any atom is -0.497 e. The van der Waals surface area contributed by atoms with E-state index in [1.54, 1.807) is 14.2 Å². The highest BCUT2D eigenvalue weighted by Gasteiger charge is 2.41. The summed E-state index contributed by atoms with van der Waals surface area (Å²) in [6.07, 6.45) is -2.01. The second kappa shape index (κ2) is 15.2. The molecule has 0 radical (unpaired) electrons. The van der Waals surface area contributed by atoms with Crippen LogP contribution < -0.4 is 14.4 Å². The van der Waals surface area contributed by atoms with Gasteiger partial charge >= 0.3 is 6.09 Å². The van der Waals surface area contributed by atoms with Crippen LogP contribution in [0.5, 0.6) is 11.5 Å². The van der Waals surface area contributed by atoms with E-state index in [1.807, 2.05) is 36.4 Å². The second-order valence-electron chi connectivity index (χ2n) is 10.3. The lowest BCUT2D eigenvalue weighted by molar-refractivity contribution is -0.107.